The maximum Gasteiger partial charge on any atom is 0.154 e. The summed E-state index contributed by atoms with van der Waals surface area (Å²) in [5.41, 5.74) is 0.840. The molecule has 1 rings (SSSR count). The number of aliphatic hydroxyl groups excluding tert-OH is 2. The Labute approximate surface area is 81.7 Å². The van der Waals surface area contributed by atoms with Gasteiger partial charge in [-0.3, -0.25) is 9.78 Å². The lowest BCUT2D eigenvalue weighted by Gasteiger charge is -2.04. The summed E-state index contributed by atoms with van der Waals surface area (Å²) >= 11 is 0. The number of rotatable bonds is 2. The predicted molar refractivity (Wildman–Crippen MR) is 50.1 cm³/mol. The summed E-state index contributed by atoms with van der Waals surface area (Å²) < 4.78 is 0. The van der Waals surface area contributed by atoms with E-state index in [9.17, 15) is 9.90 Å². The van der Waals surface area contributed by atoms with E-state index in [-0.39, 0.29) is 17.9 Å². The molecule has 0 aliphatic heterocycles. The molecule has 5 heteroatoms. The first-order chi connectivity index (χ1) is 6.70. The van der Waals surface area contributed by atoms with E-state index in [0.29, 0.717) is 17.5 Å². The van der Waals surface area contributed by atoms with Gasteiger partial charge in [0.1, 0.15) is 5.75 Å². The van der Waals surface area contributed by atoms with Crippen molar-refractivity contribution in [1.82, 2.24) is 4.98 Å². The Balaban J connectivity index is 0.000000791. The number of aldehydes is 1. The molecule has 0 radical (unpaired) electrons. The zero-order valence-corrected chi connectivity index (χ0v) is 8.06. The van der Waals surface area contributed by atoms with Crippen LogP contribution in [0, 0.1) is 6.92 Å². The molecule has 1 heterocycles. The van der Waals surface area contributed by atoms with Crippen LogP contribution in [0.4, 0.5) is 0 Å². The van der Waals surface area contributed by atoms with Crippen molar-refractivity contribution in [1.29, 1.82) is 0 Å². The summed E-state index contributed by atoms with van der Waals surface area (Å²) in [4.78, 5) is 14.2. The maximum absolute atomic E-state index is 10.5. The molecule has 14 heavy (non-hydrogen) atoms. The monoisotopic (exact) mass is 199 g/mol. The number of nitrogens with zero attached hydrogens (tertiary/aromatic N) is 1. The molecule has 0 atom stereocenters. The van der Waals surface area contributed by atoms with Crippen molar-refractivity contribution in [2.75, 3.05) is 7.11 Å². The van der Waals surface area contributed by atoms with Crippen LogP contribution in [0.1, 0.15) is 21.6 Å². The van der Waals surface area contributed by atoms with Gasteiger partial charge < -0.3 is 15.3 Å². The third-order valence-corrected chi connectivity index (χ3v) is 1.65. The second-order valence-corrected chi connectivity index (χ2v) is 2.41. The van der Waals surface area contributed by atoms with Gasteiger partial charge in [-0.2, -0.15) is 0 Å². The van der Waals surface area contributed by atoms with E-state index in [1.807, 2.05) is 0 Å². The molecule has 0 saturated carbocycles. The Morgan fingerprint density at radius 1 is 1.50 bits per heavy atom. The first-order valence-corrected chi connectivity index (χ1v) is 3.89. The zero-order valence-electron chi connectivity index (χ0n) is 8.06. The highest BCUT2D eigenvalue weighted by Gasteiger charge is 2.09. The third kappa shape index (κ3) is 2.51. The van der Waals surface area contributed by atoms with E-state index in [0.717, 1.165) is 7.11 Å². The van der Waals surface area contributed by atoms with Crippen LogP contribution in [0.5, 0.6) is 5.75 Å². The van der Waals surface area contributed by atoms with E-state index >= 15 is 0 Å². The molecule has 0 aromatic carbocycles. The van der Waals surface area contributed by atoms with Crippen molar-refractivity contribution in [3.8, 4) is 5.75 Å². The average Bonchev–Trinajstić information content (AvgIpc) is 2.24. The number of aliphatic hydroxyl groups is 2. The van der Waals surface area contributed by atoms with E-state index in [2.05, 4.69) is 4.98 Å². The molecule has 1 aromatic heterocycles. The summed E-state index contributed by atoms with van der Waals surface area (Å²) in [7, 11) is 1.00. The molecule has 0 amide bonds. The van der Waals surface area contributed by atoms with Crippen LogP contribution in [0.2, 0.25) is 0 Å². The van der Waals surface area contributed by atoms with Gasteiger partial charge in [-0.05, 0) is 6.92 Å². The SMILES string of the molecule is CO.Cc1ncc(CO)c(C=O)c1O. The lowest BCUT2D eigenvalue weighted by Crippen LogP contribution is -1.96. The molecule has 78 valence electrons. The quantitative estimate of drug-likeness (QED) is 0.583. The van der Waals surface area contributed by atoms with E-state index in [1.165, 1.54) is 6.20 Å². The van der Waals surface area contributed by atoms with Crippen molar-refractivity contribution in [2.45, 2.75) is 13.5 Å². The van der Waals surface area contributed by atoms with Gasteiger partial charge in [-0.25, -0.2) is 0 Å². The van der Waals surface area contributed by atoms with E-state index in [1.54, 1.807) is 6.92 Å². The minimum atomic E-state index is -0.297. The number of aromatic hydroxyl groups is 1. The molecular formula is C9H13NO4. The fourth-order valence-corrected chi connectivity index (χ4v) is 0.910. The highest BCUT2D eigenvalue weighted by molar-refractivity contribution is 5.81. The number of hydrogen-bond acceptors (Lipinski definition) is 5. The molecule has 0 spiro atoms. The second-order valence-electron chi connectivity index (χ2n) is 2.41. The van der Waals surface area contributed by atoms with Gasteiger partial charge in [0.05, 0.1) is 17.9 Å². The van der Waals surface area contributed by atoms with Gasteiger partial charge in [0.15, 0.2) is 6.29 Å². The first kappa shape index (κ1) is 12.5. The van der Waals surface area contributed by atoms with Crippen LogP contribution in [0.25, 0.3) is 0 Å². The molecular weight excluding hydrogens is 186 g/mol. The predicted octanol–water partition coefficient (Wildman–Crippen LogP) is 0.00892. The number of carbonyl (C=O) groups excluding carboxylic acids is 1. The Morgan fingerprint density at radius 2 is 2.07 bits per heavy atom. The van der Waals surface area contributed by atoms with Crippen LogP contribution in [-0.2, 0) is 6.61 Å². The molecule has 0 aliphatic rings. The minimum absolute atomic E-state index is 0.116. The van der Waals surface area contributed by atoms with Gasteiger partial charge in [-0.1, -0.05) is 0 Å². The van der Waals surface area contributed by atoms with Crippen LogP contribution >= 0.6 is 0 Å². The molecule has 0 fully saturated rings. The number of carbonyl (C=O) groups is 1. The van der Waals surface area contributed by atoms with Gasteiger partial charge in [0.25, 0.3) is 0 Å². The summed E-state index contributed by atoms with van der Waals surface area (Å²) in [5.74, 6) is -0.156. The minimum Gasteiger partial charge on any atom is -0.505 e. The van der Waals surface area contributed by atoms with Crippen molar-refractivity contribution in [3.05, 3.63) is 23.0 Å². The van der Waals surface area contributed by atoms with Crippen molar-refractivity contribution in [2.24, 2.45) is 0 Å². The first-order valence-electron chi connectivity index (χ1n) is 3.89. The van der Waals surface area contributed by atoms with Crippen LogP contribution in [0.15, 0.2) is 6.20 Å². The second kappa shape index (κ2) is 6.06. The fourth-order valence-electron chi connectivity index (χ4n) is 0.910. The fraction of sp³-hybridized carbons (Fsp3) is 0.333. The lowest BCUT2D eigenvalue weighted by atomic mass is 10.1. The largest absolute Gasteiger partial charge is 0.505 e. The van der Waals surface area contributed by atoms with E-state index in [4.69, 9.17) is 10.2 Å². The number of pyridine rings is 1. The number of aryl methyl sites for hydroxylation is 1. The highest BCUT2D eigenvalue weighted by Crippen LogP contribution is 2.21. The van der Waals surface area contributed by atoms with Crippen LogP contribution in [0.3, 0.4) is 0 Å². The Morgan fingerprint density at radius 3 is 2.50 bits per heavy atom. The van der Waals surface area contributed by atoms with Gasteiger partial charge in [0.2, 0.25) is 0 Å². The molecule has 0 unspecified atom stereocenters. The molecule has 5 nitrogen and oxygen atoms in total. The molecule has 0 aliphatic carbocycles. The summed E-state index contributed by atoms with van der Waals surface area (Å²) in [5, 5.41) is 25.1. The molecule has 3 N–H and O–H groups in total. The lowest BCUT2D eigenvalue weighted by molar-refractivity contribution is 0.111. The van der Waals surface area contributed by atoms with Crippen molar-refractivity contribution in [3.63, 3.8) is 0 Å². The van der Waals surface area contributed by atoms with Gasteiger partial charge >= 0.3 is 0 Å². The molecule has 1 aromatic rings. The van der Waals surface area contributed by atoms with Gasteiger partial charge in [0, 0.05) is 18.9 Å². The summed E-state index contributed by atoms with van der Waals surface area (Å²) in [6.07, 6.45) is 1.88. The Bertz CT molecular complexity index is 312. The smallest absolute Gasteiger partial charge is 0.154 e. The van der Waals surface area contributed by atoms with E-state index < -0.39 is 0 Å². The number of aromatic nitrogens is 1. The number of hydrogen-bond donors (Lipinski definition) is 3. The maximum atomic E-state index is 10.5. The third-order valence-electron chi connectivity index (χ3n) is 1.65. The normalized spacial score (nSPS) is 8.86. The standard InChI is InChI=1S/C8H9NO3.CH4O/c1-5-8(12)7(4-11)6(3-10)2-9-5;1-2/h2,4,10,12H,3H2,1H3;2H,1H3. The summed E-state index contributed by atoms with van der Waals surface area (Å²) in [6, 6.07) is 0. The van der Waals surface area contributed by atoms with Crippen LogP contribution < -0.4 is 0 Å². The zero-order chi connectivity index (χ0) is 11.1. The van der Waals surface area contributed by atoms with Crippen molar-refractivity contribution < 1.29 is 20.1 Å². The van der Waals surface area contributed by atoms with Gasteiger partial charge in [-0.15, -0.1) is 0 Å². The molecule has 0 bridgehead atoms. The average molecular weight is 199 g/mol. The summed E-state index contributed by atoms with van der Waals surface area (Å²) in [6.45, 7) is 1.29. The topological polar surface area (TPSA) is 90.7 Å². The highest BCUT2D eigenvalue weighted by atomic mass is 16.3. The molecule has 0 saturated heterocycles. The van der Waals surface area contributed by atoms with Crippen LogP contribution in [-0.4, -0.2) is 33.7 Å². The van der Waals surface area contributed by atoms with Crippen molar-refractivity contribution >= 4 is 6.29 Å². The Hall–Kier alpha value is -1.46. The Kier molecular flexibility index (Phi) is 5.43.